The number of nitrogen functional groups attached to an aromatic ring is 1. The monoisotopic (exact) mass is 396 g/mol. The average molecular weight is 398 g/mol. The van der Waals surface area contributed by atoms with Crippen LogP contribution in [0.3, 0.4) is 0 Å². The summed E-state index contributed by atoms with van der Waals surface area (Å²) < 4.78 is 53.3. The molecule has 0 heterocycles. The van der Waals surface area contributed by atoms with Crippen LogP contribution in [0.15, 0.2) is 39.7 Å². The van der Waals surface area contributed by atoms with Gasteiger partial charge in [0.15, 0.2) is 0 Å². The number of benzene rings is 2. The van der Waals surface area contributed by atoms with Gasteiger partial charge in [0.05, 0.1) is 10.7 Å². The predicted molar refractivity (Wildman–Crippen MR) is 80.7 cm³/mol. The Morgan fingerprint density at radius 3 is 2.43 bits per heavy atom. The third kappa shape index (κ3) is 3.45. The Morgan fingerprint density at radius 1 is 1.19 bits per heavy atom. The molecule has 0 amide bonds. The molecule has 9 heteroatoms. The van der Waals surface area contributed by atoms with Gasteiger partial charge in [0.25, 0.3) is 10.0 Å². The van der Waals surface area contributed by atoms with Crippen molar-refractivity contribution in [3.8, 4) is 0 Å². The van der Waals surface area contributed by atoms with Crippen LogP contribution < -0.4 is 10.5 Å². The van der Waals surface area contributed by atoms with E-state index in [4.69, 9.17) is 17.3 Å². The zero-order valence-electron chi connectivity index (χ0n) is 10.2. The van der Waals surface area contributed by atoms with Crippen molar-refractivity contribution in [2.24, 2.45) is 0 Å². The number of nitrogens with one attached hydrogen (secondary N) is 1. The highest BCUT2D eigenvalue weighted by molar-refractivity contribution is 9.10. The van der Waals surface area contributed by atoms with Gasteiger partial charge in [0.1, 0.15) is 16.5 Å². The second-order valence-corrected chi connectivity index (χ2v) is 6.95. The van der Waals surface area contributed by atoms with Gasteiger partial charge < -0.3 is 5.73 Å². The summed E-state index contributed by atoms with van der Waals surface area (Å²) >= 11 is 8.77. The van der Waals surface area contributed by atoms with E-state index in [2.05, 4.69) is 20.7 Å². The van der Waals surface area contributed by atoms with E-state index in [9.17, 15) is 17.2 Å². The fourth-order valence-corrected chi connectivity index (χ4v) is 3.81. The van der Waals surface area contributed by atoms with Gasteiger partial charge in [-0.25, -0.2) is 17.2 Å². The third-order valence-corrected chi connectivity index (χ3v) is 4.80. The molecule has 0 atom stereocenters. The maximum absolute atomic E-state index is 13.7. The lowest BCUT2D eigenvalue weighted by atomic mass is 10.3. The topological polar surface area (TPSA) is 72.2 Å². The van der Waals surface area contributed by atoms with Gasteiger partial charge in [-0.1, -0.05) is 11.6 Å². The average Bonchev–Trinajstić information content (AvgIpc) is 2.33. The van der Waals surface area contributed by atoms with Gasteiger partial charge in [0.2, 0.25) is 0 Å². The molecule has 0 saturated heterocycles. The first-order valence-electron chi connectivity index (χ1n) is 5.43. The summed E-state index contributed by atoms with van der Waals surface area (Å²) in [5.41, 5.74) is 5.36. The molecule has 112 valence electrons. The van der Waals surface area contributed by atoms with Crippen molar-refractivity contribution in [3.63, 3.8) is 0 Å². The summed E-state index contributed by atoms with van der Waals surface area (Å²) in [5, 5.41) is -0.165. The van der Waals surface area contributed by atoms with Crippen molar-refractivity contribution >= 4 is 48.9 Å². The van der Waals surface area contributed by atoms with Crippen molar-refractivity contribution in [2.45, 2.75) is 4.90 Å². The van der Waals surface area contributed by atoms with Gasteiger partial charge in [-0.15, -0.1) is 0 Å². The minimum absolute atomic E-state index is 0.0886. The van der Waals surface area contributed by atoms with Crippen molar-refractivity contribution in [3.05, 3.63) is 51.5 Å². The molecule has 0 radical (unpaired) electrons. The summed E-state index contributed by atoms with van der Waals surface area (Å²) in [5.74, 6) is -1.65. The number of nitrogens with two attached hydrogens (primary N) is 1. The van der Waals surface area contributed by atoms with Crippen molar-refractivity contribution in [1.82, 2.24) is 0 Å². The molecule has 21 heavy (non-hydrogen) atoms. The third-order valence-electron chi connectivity index (χ3n) is 2.49. The van der Waals surface area contributed by atoms with Crippen LogP contribution in [0.2, 0.25) is 5.02 Å². The van der Waals surface area contributed by atoms with Crippen LogP contribution in [0, 0.1) is 11.6 Å². The lowest BCUT2D eigenvalue weighted by Gasteiger charge is -2.12. The van der Waals surface area contributed by atoms with Crippen molar-refractivity contribution in [1.29, 1.82) is 0 Å². The Kier molecular flexibility index (Phi) is 4.40. The first-order chi connectivity index (χ1) is 9.70. The van der Waals surface area contributed by atoms with E-state index in [1.54, 1.807) is 0 Å². The smallest absolute Gasteiger partial charge is 0.264 e. The first-order valence-corrected chi connectivity index (χ1v) is 8.08. The molecule has 2 aromatic carbocycles. The second-order valence-electron chi connectivity index (χ2n) is 4.04. The first kappa shape index (κ1) is 16.0. The summed E-state index contributed by atoms with van der Waals surface area (Å²) in [6.07, 6.45) is 0. The van der Waals surface area contributed by atoms with Gasteiger partial charge in [-0.05, 0) is 46.3 Å². The normalized spacial score (nSPS) is 11.4. The minimum Gasteiger partial charge on any atom is -0.399 e. The van der Waals surface area contributed by atoms with E-state index in [0.717, 1.165) is 24.3 Å². The molecule has 0 bridgehead atoms. The molecular weight excluding hydrogens is 390 g/mol. The van der Waals surface area contributed by atoms with E-state index >= 15 is 0 Å². The highest BCUT2D eigenvalue weighted by Gasteiger charge is 2.22. The summed E-state index contributed by atoms with van der Waals surface area (Å²) in [7, 11) is -4.24. The summed E-state index contributed by atoms with van der Waals surface area (Å²) in [6.45, 7) is 0. The second kappa shape index (κ2) is 5.78. The molecule has 0 unspecified atom stereocenters. The Hall–Kier alpha value is -1.38. The largest absolute Gasteiger partial charge is 0.399 e. The Balaban J connectivity index is 2.47. The van der Waals surface area contributed by atoms with E-state index in [1.807, 2.05) is 0 Å². The van der Waals surface area contributed by atoms with Gasteiger partial charge in [-0.3, -0.25) is 4.72 Å². The van der Waals surface area contributed by atoms with Crippen LogP contribution in [0.4, 0.5) is 20.2 Å². The molecular formula is C12H8BrClF2N2O2S. The SMILES string of the molecule is Nc1ccc(S(=O)(=O)Nc2c(Cl)cc(F)cc2Br)c(F)c1. The molecule has 0 aliphatic carbocycles. The minimum atomic E-state index is -4.24. The van der Waals surface area contributed by atoms with E-state index in [1.165, 1.54) is 6.07 Å². The number of hydrogen-bond acceptors (Lipinski definition) is 3. The molecule has 0 aliphatic heterocycles. The number of hydrogen-bond donors (Lipinski definition) is 2. The standard InChI is InChI=1S/C12H8BrClF2N2O2S/c13-8-3-6(15)4-9(14)12(8)18-21(19,20)11-2-1-7(17)5-10(11)16/h1-5,18H,17H2. The molecule has 0 fully saturated rings. The maximum Gasteiger partial charge on any atom is 0.264 e. The van der Waals surface area contributed by atoms with E-state index in [-0.39, 0.29) is 20.9 Å². The van der Waals surface area contributed by atoms with Crippen LogP contribution in [-0.4, -0.2) is 8.42 Å². The van der Waals surface area contributed by atoms with Gasteiger partial charge in [0, 0.05) is 10.2 Å². The Labute approximate surface area is 133 Å². The summed E-state index contributed by atoms with van der Waals surface area (Å²) in [6, 6.07) is 5.12. The van der Waals surface area contributed by atoms with E-state index in [0.29, 0.717) is 0 Å². The molecule has 3 N–H and O–H groups in total. The maximum atomic E-state index is 13.7. The number of anilines is 2. The van der Waals surface area contributed by atoms with Gasteiger partial charge in [-0.2, -0.15) is 0 Å². The van der Waals surface area contributed by atoms with Crippen LogP contribution >= 0.6 is 27.5 Å². The molecule has 2 rings (SSSR count). The zero-order valence-corrected chi connectivity index (χ0v) is 13.4. The summed E-state index contributed by atoms with van der Waals surface area (Å²) in [4.78, 5) is -0.594. The van der Waals surface area contributed by atoms with Gasteiger partial charge >= 0.3 is 0 Å². The molecule has 2 aromatic rings. The fraction of sp³-hybridized carbons (Fsp3) is 0. The zero-order chi connectivity index (χ0) is 15.8. The number of halogens is 4. The van der Waals surface area contributed by atoms with Crippen LogP contribution in [-0.2, 0) is 10.0 Å². The lowest BCUT2D eigenvalue weighted by molar-refractivity contribution is 0.570. The lowest BCUT2D eigenvalue weighted by Crippen LogP contribution is -2.15. The van der Waals surface area contributed by atoms with Crippen LogP contribution in [0.25, 0.3) is 0 Å². The molecule has 0 spiro atoms. The van der Waals surface area contributed by atoms with Crippen LogP contribution in [0.1, 0.15) is 0 Å². The van der Waals surface area contributed by atoms with E-state index < -0.39 is 26.6 Å². The molecule has 0 aliphatic rings. The van der Waals surface area contributed by atoms with Crippen LogP contribution in [0.5, 0.6) is 0 Å². The predicted octanol–water partition coefficient (Wildman–Crippen LogP) is 3.76. The van der Waals surface area contributed by atoms with Crippen molar-refractivity contribution < 1.29 is 17.2 Å². The highest BCUT2D eigenvalue weighted by Crippen LogP contribution is 2.33. The molecule has 0 saturated carbocycles. The molecule has 0 aromatic heterocycles. The Bertz CT molecular complexity index is 792. The Morgan fingerprint density at radius 2 is 1.86 bits per heavy atom. The number of sulfonamides is 1. The highest BCUT2D eigenvalue weighted by atomic mass is 79.9. The quantitative estimate of drug-likeness (QED) is 0.775. The number of rotatable bonds is 3. The van der Waals surface area contributed by atoms with Crippen molar-refractivity contribution in [2.75, 3.05) is 10.5 Å². The fourth-order valence-electron chi connectivity index (χ4n) is 1.56. The molecule has 4 nitrogen and oxygen atoms in total.